The van der Waals surface area contributed by atoms with Gasteiger partial charge in [0.2, 0.25) is 5.91 Å². The molecule has 0 atom stereocenters. The highest BCUT2D eigenvalue weighted by molar-refractivity contribution is 7.95. The van der Waals surface area contributed by atoms with Gasteiger partial charge in [-0.2, -0.15) is 0 Å². The number of rotatable bonds is 4. The maximum Gasteiger partial charge on any atom is 0.255 e. The molecule has 0 saturated carbocycles. The largest absolute Gasteiger partial charge is 0.312 e. The van der Waals surface area contributed by atoms with E-state index in [2.05, 4.69) is 4.72 Å². The van der Waals surface area contributed by atoms with E-state index in [4.69, 9.17) is 0 Å². The van der Waals surface area contributed by atoms with Gasteiger partial charge in [-0.05, 0) is 47.7 Å². The fraction of sp³-hybridized carbons (Fsp3) is 0.211. The molecule has 0 spiro atoms. The standard InChI is InChI=1S/C19H18N2O3S/c22-18-13-16-12-17(11-15-7-4-9-21(18)19(15)16)20-25(23,24)10-8-14-5-2-1-3-6-14/h1-3,5-6,8,10-12,20H,4,7,9,13H2. The quantitative estimate of drug-likeness (QED) is 0.918. The van der Waals surface area contributed by atoms with E-state index in [1.165, 1.54) is 5.41 Å². The number of amides is 1. The van der Waals surface area contributed by atoms with Crippen molar-refractivity contribution in [2.75, 3.05) is 16.2 Å². The first-order chi connectivity index (χ1) is 12.0. The Morgan fingerprint density at radius 3 is 2.64 bits per heavy atom. The van der Waals surface area contributed by atoms with Gasteiger partial charge in [0, 0.05) is 12.2 Å². The van der Waals surface area contributed by atoms with Crippen LogP contribution in [0.3, 0.4) is 0 Å². The van der Waals surface area contributed by atoms with Crippen LogP contribution in [-0.2, 0) is 27.7 Å². The number of carbonyl (C=O) groups excluding carboxylic acids is 1. The van der Waals surface area contributed by atoms with Gasteiger partial charge >= 0.3 is 0 Å². The predicted octanol–water partition coefficient (Wildman–Crippen LogP) is 2.93. The highest BCUT2D eigenvalue weighted by Crippen LogP contribution is 2.39. The first-order valence-electron chi connectivity index (χ1n) is 8.24. The molecule has 5 nitrogen and oxygen atoms in total. The second-order valence-electron chi connectivity index (χ2n) is 6.33. The number of benzene rings is 2. The maximum atomic E-state index is 12.3. The zero-order valence-corrected chi connectivity index (χ0v) is 14.4. The molecule has 2 aliphatic rings. The monoisotopic (exact) mass is 354 g/mol. The first kappa shape index (κ1) is 15.9. The highest BCUT2D eigenvalue weighted by atomic mass is 32.2. The Kier molecular flexibility index (Phi) is 3.84. The van der Waals surface area contributed by atoms with Crippen molar-refractivity contribution in [1.29, 1.82) is 0 Å². The molecule has 0 saturated heterocycles. The van der Waals surface area contributed by atoms with E-state index >= 15 is 0 Å². The van der Waals surface area contributed by atoms with Crippen LogP contribution in [0.5, 0.6) is 0 Å². The summed E-state index contributed by atoms with van der Waals surface area (Å²) < 4.78 is 27.3. The number of hydrogen-bond acceptors (Lipinski definition) is 3. The number of sulfonamides is 1. The van der Waals surface area contributed by atoms with Crippen molar-refractivity contribution in [1.82, 2.24) is 0 Å². The average molecular weight is 354 g/mol. The van der Waals surface area contributed by atoms with E-state index in [1.54, 1.807) is 12.1 Å². The fourth-order valence-corrected chi connectivity index (χ4v) is 4.32. The van der Waals surface area contributed by atoms with E-state index < -0.39 is 10.0 Å². The third-order valence-electron chi connectivity index (χ3n) is 4.51. The summed E-state index contributed by atoms with van der Waals surface area (Å²) >= 11 is 0. The highest BCUT2D eigenvalue weighted by Gasteiger charge is 2.32. The number of aryl methyl sites for hydroxylation is 1. The van der Waals surface area contributed by atoms with Crippen LogP contribution in [0.4, 0.5) is 11.4 Å². The summed E-state index contributed by atoms with van der Waals surface area (Å²) in [4.78, 5) is 13.9. The Morgan fingerprint density at radius 2 is 1.84 bits per heavy atom. The van der Waals surface area contributed by atoms with Gasteiger partial charge in [0.15, 0.2) is 0 Å². The van der Waals surface area contributed by atoms with Crippen molar-refractivity contribution in [3.63, 3.8) is 0 Å². The van der Waals surface area contributed by atoms with Gasteiger partial charge in [0.1, 0.15) is 0 Å². The minimum absolute atomic E-state index is 0.0972. The molecule has 0 aliphatic carbocycles. The van der Waals surface area contributed by atoms with E-state index in [1.807, 2.05) is 41.3 Å². The van der Waals surface area contributed by atoms with Crippen LogP contribution in [0.2, 0.25) is 0 Å². The van der Waals surface area contributed by atoms with Gasteiger partial charge < -0.3 is 4.90 Å². The lowest BCUT2D eigenvalue weighted by Gasteiger charge is -2.26. The summed E-state index contributed by atoms with van der Waals surface area (Å²) in [5.41, 5.74) is 4.27. The molecular weight excluding hydrogens is 336 g/mol. The molecule has 1 N–H and O–H groups in total. The molecule has 0 bridgehead atoms. The fourth-order valence-electron chi connectivity index (χ4n) is 3.47. The summed E-state index contributed by atoms with van der Waals surface area (Å²) in [5.74, 6) is 0.0972. The van der Waals surface area contributed by atoms with Gasteiger partial charge in [0.05, 0.1) is 17.5 Å². The molecule has 2 heterocycles. The van der Waals surface area contributed by atoms with Gasteiger partial charge in [0.25, 0.3) is 10.0 Å². The van der Waals surface area contributed by atoms with Crippen molar-refractivity contribution < 1.29 is 13.2 Å². The normalized spacial score (nSPS) is 16.3. The Balaban J connectivity index is 1.60. The van der Waals surface area contributed by atoms with Crippen molar-refractivity contribution in [2.24, 2.45) is 0 Å². The second kappa shape index (κ2) is 6.04. The van der Waals surface area contributed by atoms with Gasteiger partial charge in [-0.1, -0.05) is 30.3 Å². The number of anilines is 2. The van der Waals surface area contributed by atoms with Crippen molar-refractivity contribution >= 4 is 33.4 Å². The van der Waals surface area contributed by atoms with Crippen molar-refractivity contribution in [2.45, 2.75) is 19.3 Å². The molecule has 4 rings (SSSR count). The Morgan fingerprint density at radius 1 is 1.08 bits per heavy atom. The number of nitrogens with one attached hydrogen (secondary N) is 1. The maximum absolute atomic E-state index is 12.3. The summed E-state index contributed by atoms with van der Waals surface area (Å²) in [6.45, 7) is 0.754. The number of carbonyl (C=O) groups is 1. The van der Waals surface area contributed by atoms with E-state index in [0.29, 0.717) is 12.1 Å². The molecule has 2 aromatic carbocycles. The zero-order valence-electron chi connectivity index (χ0n) is 13.6. The summed E-state index contributed by atoms with van der Waals surface area (Å²) in [7, 11) is -3.61. The Labute approximate surface area is 147 Å². The van der Waals surface area contributed by atoms with Gasteiger partial charge in [-0.25, -0.2) is 8.42 Å². The average Bonchev–Trinajstić information content (AvgIpc) is 2.91. The van der Waals surface area contributed by atoms with Crippen molar-refractivity contribution in [3.05, 3.63) is 64.6 Å². The second-order valence-corrected chi connectivity index (χ2v) is 7.90. The molecule has 2 aromatic rings. The van der Waals surface area contributed by atoms with Crippen LogP contribution in [-0.4, -0.2) is 20.9 Å². The topological polar surface area (TPSA) is 66.5 Å². The van der Waals surface area contributed by atoms with E-state index in [0.717, 1.165) is 41.8 Å². The zero-order chi connectivity index (χ0) is 17.4. The predicted molar refractivity (Wildman–Crippen MR) is 98.8 cm³/mol. The molecule has 2 aliphatic heterocycles. The summed E-state index contributed by atoms with van der Waals surface area (Å²) in [5, 5.41) is 1.17. The lowest BCUT2D eigenvalue weighted by atomic mass is 9.99. The van der Waals surface area contributed by atoms with Crippen LogP contribution in [0.15, 0.2) is 47.9 Å². The minimum atomic E-state index is -3.61. The smallest absolute Gasteiger partial charge is 0.255 e. The molecule has 0 aromatic heterocycles. The number of nitrogens with zero attached hydrogens (tertiary/aromatic N) is 1. The molecule has 0 unspecified atom stereocenters. The Hall–Kier alpha value is -2.60. The Bertz CT molecular complexity index is 966. The number of hydrogen-bond donors (Lipinski definition) is 1. The van der Waals surface area contributed by atoms with Crippen LogP contribution < -0.4 is 9.62 Å². The first-order valence-corrected chi connectivity index (χ1v) is 9.79. The summed E-state index contributed by atoms with van der Waals surface area (Å²) in [6.07, 6.45) is 3.67. The third kappa shape index (κ3) is 3.17. The molecule has 1 amide bonds. The molecular formula is C19H18N2O3S. The third-order valence-corrected chi connectivity index (χ3v) is 5.52. The lowest BCUT2D eigenvalue weighted by Crippen LogP contribution is -2.31. The van der Waals surface area contributed by atoms with Gasteiger partial charge in [-0.3, -0.25) is 9.52 Å². The van der Waals surface area contributed by atoms with E-state index in [9.17, 15) is 13.2 Å². The summed E-state index contributed by atoms with van der Waals surface area (Å²) in [6, 6.07) is 12.9. The lowest BCUT2D eigenvalue weighted by molar-refractivity contribution is -0.117. The minimum Gasteiger partial charge on any atom is -0.312 e. The van der Waals surface area contributed by atoms with Gasteiger partial charge in [-0.15, -0.1) is 0 Å². The van der Waals surface area contributed by atoms with Crippen molar-refractivity contribution in [3.8, 4) is 0 Å². The molecule has 6 heteroatoms. The molecule has 128 valence electrons. The van der Waals surface area contributed by atoms with E-state index in [-0.39, 0.29) is 5.91 Å². The molecule has 25 heavy (non-hydrogen) atoms. The van der Waals surface area contributed by atoms with Crippen LogP contribution in [0, 0.1) is 0 Å². The SMILES string of the molecule is O=C1Cc2cc(NS(=O)(=O)C=Cc3ccccc3)cc3c2N1CCC3. The van der Waals surface area contributed by atoms with Crippen LogP contribution >= 0.6 is 0 Å². The van der Waals surface area contributed by atoms with Crippen LogP contribution in [0.25, 0.3) is 6.08 Å². The molecule has 0 fully saturated rings. The molecule has 0 radical (unpaired) electrons. The van der Waals surface area contributed by atoms with Crippen LogP contribution in [0.1, 0.15) is 23.1 Å².